The molecule has 6 heteroatoms. The number of anilines is 1. The lowest BCUT2D eigenvalue weighted by atomic mass is 10.2. The molecule has 1 heterocycles. The second kappa shape index (κ2) is 5.37. The molecule has 0 spiro atoms. The molecule has 0 atom stereocenters. The van der Waals surface area contributed by atoms with Gasteiger partial charge < -0.3 is 10.5 Å². The summed E-state index contributed by atoms with van der Waals surface area (Å²) in [7, 11) is 0. The van der Waals surface area contributed by atoms with Gasteiger partial charge in [0.2, 0.25) is 0 Å². The van der Waals surface area contributed by atoms with Gasteiger partial charge in [0.05, 0.1) is 17.2 Å². The van der Waals surface area contributed by atoms with Crippen LogP contribution >= 0.6 is 22.9 Å². The van der Waals surface area contributed by atoms with E-state index in [4.69, 9.17) is 22.1 Å². The van der Waals surface area contributed by atoms with Crippen molar-refractivity contribution < 1.29 is 9.53 Å². The van der Waals surface area contributed by atoms with Gasteiger partial charge in [-0.3, -0.25) is 0 Å². The first-order valence-corrected chi connectivity index (χ1v) is 6.56. The highest BCUT2D eigenvalue weighted by molar-refractivity contribution is 7.13. The molecule has 0 bridgehead atoms. The normalized spacial score (nSPS) is 10.3. The van der Waals surface area contributed by atoms with Crippen LogP contribution in [-0.4, -0.2) is 17.6 Å². The molecule has 0 unspecified atom stereocenters. The van der Waals surface area contributed by atoms with Crippen LogP contribution in [0.5, 0.6) is 0 Å². The van der Waals surface area contributed by atoms with Crippen LogP contribution in [0.25, 0.3) is 10.6 Å². The van der Waals surface area contributed by atoms with Crippen molar-refractivity contribution in [1.29, 1.82) is 0 Å². The zero-order chi connectivity index (χ0) is 13.1. The molecule has 0 aliphatic heterocycles. The van der Waals surface area contributed by atoms with Crippen LogP contribution in [0.1, 0.15) is 17.4 Å². The minimum atomic E-state index is -0.439. The maximum absolute atomic E-state index is 11.5. The summed E-state index contributed by atoms with van der Waals surface area (Å²) in [5.41, 5.74) is 7.32. The van der Waals surface area contributed by atoms with Gasteiger partial charge in [-0.05, 0) is 19.1 Å². The third-order valence-corrected chi connectivity index (χ3v) is 3.42. The molecule has 2 N–H and O–H groups in total. The van der Waals surface area contributed by atoms with Crippen molar-refractivity contribution in [2.45, 2.75) is 6.92 Å². The Hall–Kier alpha value is -1.59. The summed E-state index contributed by atoms with van der Waals surface area (Å²) in [4.78, 5) is 15.7. The fourth-order valence-electron chi connectivity index (χ4n) is 1.45. The van der Waals surface area contributed by atoms with Crippen molar-refractivity contribution in [3.63, 3.8) is 0 Å². The number of hydrogen-bond donors (Lipinski definition) is 1. The van der Waals surface area contributed by atoms with Crippen LogP contribution in [0, 0.1) is 0 Å². The van der Waals surface area contributed by atoms with Crippen molar-refractivity contribution in [3.8, 4) is 10.6 Å². The molecule has 0 aliphatic carbocycles. The molecule has 18 heavy (non-hydrogen) atoms. The van der Waals surface area contributed by atoms with Crippen LogP contribution in [0.3, 0.4) is 0 Å². The van der Waals surface area contributed by atoms with Gasteiger partial charge in [0.25, 0.3) is 0 Å². The summed E-state index contributed by atoms with van der Waals surface area (Å²) in [6.45, 7) is 2.07. The number of rotatable bonds is 3. The number of nitrogen functional groups attached to an aromatic ring is 1. The van der Waals surface area contributed by atoms with Crippen LogP contribution < -0.4 is 5.73 Å². The Morgan fingerprint density at radius 2 is 2.33 bits per heavy atom. The molecule has 0 aliphatic rings. The summed E-state index contributed by atoms with van der Waals surface area (Å²) in [6, 6.07) is 5.24. The van der Waals surface area contributed by atoms with Crippen molar-refractivity contribution in [3.05, 3.63) is 34.3 Å². The summed E-state index contributed by atoms with van der Waals surface area (Å²) in [5, 5.41) is 2.76. The van der Waals surface area contributed by atoms with E-state index in [0.29, 0.717) is 27.9 Å². The van der Waals surface area contributed by atoms with E-state index < -0.39 is 5.97 Å². The Bertz CT molecular complexity index is 563. The van der Waals surface area contributed by atoms with E-state index in [1.807, 2.05) is 0 Å². The van der Waals surface area contributed by atoms with E-state index in [1.54, 1.807) is 30.5 Å². The lowest BCUT2D eigenvalue weighted by molar-refractivity contribution is 0.0520. The van der Waals surface area contributed by atoms with Gasteiger partial charge in [-0.2, -0.15) is 0 Å². The molecule has 1 aromatic heterocycles. The van der Waals surface area contributed by atoms with E-state index in [0.717, 1.165) is 0 Å². The van der Waals surface area contributed by atoms with Crippen LogP contribution in [0.4, 0.5) is 5.69 Å². The first kappa shape index (κ1) is 12.9. The molecule has 0 radical (unpaired) electrons. The number of esters is 1. The second-order valence-electron chi connectivity index (χ2n) is 3.46. The Labute approximate surface area is 113 Å². The quantitative estimate of drug-likeness (QED) is 0.693. The van der Waals surface area contributed by atoms with Crippen molar-refractivity contribution >= 4 is 34.6 Å². The Morgan fingerprint density at radius 1 is 1.56 bits per heavy atom. The molecule has 94 valence electrons. The fourth-order valence-corrected chi connectivity index (χ4v) is 2.65. The predicted molar refractivity (Wildman–Crippen MR) is 72.9 cm³/mol. The zero-order valence-electron chi connectivity index (χ0n) is 9.64. The largest absolute Gasteiger partial charge is 0.461 e. The number of carbonyl (C=O) groups excluding carboxylic acids is 1. The first-order valence-electron chi connectivity index (χ1n) is 5.30. The molecule has 0 amide bonds. The summed E-state index contributed by atoms with van der Waals surface area (Å²) in [5.74, 6) is -0.439. The number of benzene rings is 1. The monoisotopic (exact) mass is 282 g/mol. The van der Waals surface area contributed by atoms with E-state index >= 15 is 0 Å². The third-order valence-electron chi connectivity index (χ3n) is 2.25. The highest BCUT2D eigenvalue weighted by atomic mass is 35.5. The van der Waals surface area contributed by atoms with Gasteiger partial charge in [0, 0.05) is 11.1 Å². The number of aromatic nitrogens is 1. The van der Waals surface area contributed by atoms with E-state index in [2.05, 4.69) is 4.98 Å². The fraction of sp³-hybridized carbons (Fsp3) is 0.167. The molecule has 2 aromatic rings. The van der Waals surface area contributed by atoms with Gasteiger partial charge in [-0.25, -0.2) is 9.78 Å². The minimum Gasteiger partial charge on any atom is -0.461 e. The van der Waals surface area contributed by atoms with E-state index in [-0.39, 0.29) is 5.69 Å². The lowest BCUT2D eigenvalue weighted by Crippen LogP contribution is -2.04. The average Bonchev–Trinajstić information content (AvgIpc) is 2.78. The molecule has 0 saturated carbocycles. The van der Waals surface area contributed by atoms with Crippen molar-refractivity contribution in [1.82, 2.24) is 4.98 Å². The number of carbonyl (C=O) groups is 1. The summed E-state index contributed by atoms with van der Waals surface area (Å²) < 4.78 is 4.88. The molecule has 0 fully saturated rings. The minimum absolute atomic E-state index is 0.274. The molecule has 1 aromatic carbocycles. The maximum Gasteiger partial charge on any atom is 0.357 e. The molecule has 4 nitrogen and oxygen atoms in total. The van der Waals surface area contributed by atoms with E-state index in [1.165, 1.54) is 11.3 Å². The molecule has 2 rings (SSSR count). The van der Waals surface area contributed by atoms with Crippen LogP contribution in [0.2, 0.25) is 5.02 Å². The van der Waals surface area contributed by atoms with Gasteiger partial charge in [-0.15, -0.1) is 11.3 Å². The van der Waals surface area contributed by atoms with Gasteiger partial charge in [-0.1, -0.05) is 17.7 Å². The third kappa shape index (κ3) is 2.47. The van der Waals surface area contributed by atoms with E-state index in [9.17, 15) is 4.79 Å². The number of halogens is 1. The van der Waals surface area contributed by atoms with Gasteiger partial charge in [0.1, 0.15) is 5.01 Å². The van der Waals surface area contributed by atoms with Crippen LogP contribution in [0.15, 0.2) is 23.6 Å². The molecular weight excluding hydrogens is 272 g/mol. The van der Waals surface area contributed by atoms with Crippen molar-refractivity contribution in [2.75, 3.05) is 12.3 Å². The number of nitrogens with two attached hydrogens (primary N) is 1. The highest BCUT2D eigenvalue weighted by Crippen LogP contribution is 2.35. The topological polar surface area (TPSA) is 65.2 Å². The Kier molecular flexibility index (Phi) is 3.84. The SMILES string of the molecule is CCOC(=O)c1csc(-c2c(N)cccc2Cl)n1. The first-order chi connectivity index (χ1) is 8.63. The van der Waals surface area contributed by atoms with Crippen molar-refractivity contribution in [2.24, 2.45) is 0 Å². The summed E-state index contributed by atoms with van der Waals surface area (Å²) >= 11 is 7.39. The maximum atomic E-state index is 11.5. The predicted octanol–water partition coefficient (Wildman–Crippen LogP) is 3.22. The molecular formula is C12H11ClN2O2S. The lowest BCUT2D eigenvalue weighted by Gasteiger charge is -2.03. The highest BCUT2D eigenvalue weighted by Gasteiger charge is 2.15. The van der Waals surface area contributed by atoms with Crippen LogP contribution in [-0.2, 0) is 4.74 Å². The second-order valence-corrected chi connectivity index (χ2v) is 4.73. The van der Waals surface area contributed by atoms with Gasteiger partial charge in [0.15, 0.2) is 5.69 Å². The smallest absolute Gasteiger partial charge is 0.357 e. The average molecular weight is 283 g/mol. The molecule has 0 saturated heterocycles. The van der Waals surface area contributed by atoms with Gasteiger partial charge >= 0.3 is 5.97 Å². The standard InChI is InChI=1S/C12H11ClN2O2S/c1-2-17-12(16)9-6-18-11(15-9)10-7(13)4-3-5-8(10)14/h3-6H,2,14H2,1H3. The number of nitrogens with zero attached hydrogens (tertiary/aromatic N) is 1. The Morgan fingerprint density at radius 3 is 3.00 bits per heavy atom. The number of ether oxygens (including phenoxy) is 1. The summed E-state index contributed by atoms with van der Waals surface area (Å²) in [6.07, 6.45) is 0. The number of thiazole rings is 1. The zero-order valence-corrected chi connectivity index (χ0v) is 11.2. The Balaban J connectivity index is 2.38. The number of hydrogen-bond acceptors (Lipinski definition) is 5.